The van der Waals surface area contributed by atoms with E-state index in [0.29, 0.717) is 24.6 Å². The largest absolute Gasteiger partial charge is 0.397 e. The predicted octanol–water partition coefficient (Wildman–Crippen LogP) is 2.17. The van der Waals surface area contributed by atoms with Crippen LogP contribution in [0.1, 0.15) is 12.0 Å². The van der Waals surface area contributed by atoms with Crippen molar-refractivity contribution in [3.63, 3.8) is 0 Å². The molecule has 0 spiro atoms. The molecule has 2 aromatic rings. The second-order valence-corrected chi connectivity index (χ2v) is 6.10. The molecule has 0 radical (unpaired) electrons. The number of aromatic amines is 1. The molecule has 0 unspecified atom stereocenters. The Morgan fingerprint density at radius 3 is 2.79 bits per heavy atom. The molecule has 24 heavy (non-hydrogen) atoms. The molecule has 0 saturated carbocycles. The lowest BCUT2D eigenvalue weighted by molar-refractivity contribution is 0.266. The standard InChI is InChI=1S/C13H18N6O4S/c1-10-8-11(19(2)6-3-7-23-24(20,21)22)4-5-12(10)16-18-13-14-9-15-17-13/h4-5,8-9H,3,6-7H2,1-2H3,(H,14,15,17)(H,20,21,22)/b18-16+. The van der Waals surface area contributed by atoms with E-state index in [1.54, 1.807) is 0 Å². The van der Waals surface area contributed by atoms with Gasteiger partial charge in [-0.25, -0.2) is 4.18 Å². The summed E-state index contributed by atoms with van der Waals surface area (Å²) in [7, 11) is -2.50. The highest BCUT2D eigenvalue weighted by molar-refractivity contribution is 7.80. The van der Waals surface area contributed by atoms with Crippen molar-refractivity contribution >= 4 is 27.7 Å². The topological polar surface area (TPSA) is 133 Å². The van der Waals surface area contributed by atoms with Crippen LogP contribution in [0.2, 0.25) is 0 Å². The van der Waals surface area contributed by atoms with Gasteiger partial charge in [-0.05, 0) is 37.1 Å². The van der Waals surface area contributed by atoms with Crippen LogP contribution in [0.3, 0.4) is 0 Å². The fourth-order valence-electron chi connectivity index (χ4n) is 1.93. The first-order valence-electron chi connectivity index (χ1n) is 7.06. The molecule has 0 amide bonds. The normalized spacial score (nSPS) is 12.0. The van der Waals surface area contributed by atoms with Crippen molar-refractivity contribution in [3.8, 4) is 0 Å². The van der Waals surface area contributed by atoms with Crippen LogP contribution in [0.15, 0.2) is 34.8 Å². The monoisotopic (exact) mass is 354 g/mol. The summed E-state index contributed by atoms with van der Waals surface area (Å²) >= 11 is 0. The van der Waals surface area contributed by atoms with Gasteiger partial charge in [0.2, 0.25) is 0 Å². The van der Waals surface area contributed by atoms with Gasteiger partial charge in [0.05, 0.1) is 12.3 Å². The van der Waals surface area contributed by atoms with E-state index in [-0.39, 0.29) is 6.61 Å². The molecule has 0 saturated heterocycles. The van der Waals surface area contributed by atoms with Crippen LogP contribution >= 0.6 is 0 Å². The number of benzene rings is 1. The molecule has 1 aromatic carbocycles. The maximum Gasteiger partial charge on any atom is 0.397 e. The van der Waals surface area contributed by atoms with Crippen LogP contribution in [0.25, 0.3) is 0 Å². The SMILES string of the molecule is Cc1cc(N(C)CCCOS(=O)(=O)O)ccc1/N=N/c1nnc[nH]1. The van der Waals surface area contributed by atoms with E-state index in [4.69, 9.17) is 4.55 Å². The highest BCUT2D eigenvalue weighted by atomic mass is 32.3. The molecule has 0 aliphatic heterocycles. The van der Waals surface area contributed by atoms with E-state index in [2.05, 4.69) is 29.6 Å². The molecular formula is C13H18N6O4S. The minimum absolute atomic E-state index is 0.0777. The van der Waals surface area contributed by atoms with Crippen molar-refractivity contribution in [2.24, 2.45) is 10.2 Å². The van der Waals surface area contributed by atoms with E-state index in [1.807, 2.05) is 37.1 Å². The number of aryl methyl sites for hydroxylation is 1. The number of aromatic nitrogens is 3. The van der Waals surface area contributed by atoms with Gasteiger partial charge in [-0.1, -0.05) is 0 Å². The first-order valence-corrected chi connectivity index (χ1v) is 8.43. The minimum Gasteiger partial charge on any atom is -0.375 e. The van der Waals surface area contributed by atoms with Crippen molar-refractivity contribution < 1.29 is 17.2 Å². The maximum absolute atomic E-state index is 10.5. The Morgan fingerprint density at radius 2 is 2.17 bits per heavy atom. The average molecular weight is 354 g/mol. The van der Waals surface area contributed by atoms with E-state index < -0.39 is 10.4 Å². The lowest BCUT2D eigenvalue weighted by atomic mass is 10.1. The second kappa shape index (κ2) is 7.95. The zero-order chi connectivity index (χ0) is 17.6. The van der Waals surface area contributed by atoms with Crippen LogP contribution in [-0.2, 0) is 14.6 Å². The number of anilines is 1. The van der Waals surface area contributed by atoms with Crippen molar-refractivity contribution in [1.82, 2.24) is 15.2 Å². The number of nitrogens with one attached hydrogen (secondary N) is 1. The van der Waals surface area contributed by atoms with Gasteiger partial charge in [-0.2, -0.15) is 8.42 Å². The van der Waals surface area contributed by atoms with Crippen LogP contribution in [0.5, 0.6) is 0 Å². The number of hydrogen-bond acceptors (Lipinski definition) is 8. The second-order valence-electron chi connectivity index (χ2n) is 5.01. The third-order valence-electron chi connectivity index (χ3n) is 3.15. The Hall–Kier alpha value is -2.37. The molecule has 1 heterocycles. The number of nitrogens with zero attached hydrogens (tertiary/aromatic N) is 5. The van der Waals surface area contributed by atoms with Crippen LogP contribution in [-0.4, -0.2) is 48.4 Å². The molecule has 11 heteroatoms. The van der Waals surface area contributed by atoms with Gasteiger partial charge in [-0.15, -0.1) is 20.4 Å². The number of H-pyrrole nitrogens is 1. The van der Waals surface area contributed by atoms with Gasteiger partial charge in [0.1, 0.15) is 6.33 Å². The summed E-state index contributed by atoms with van der Waals surface area (Å²) in [6, 6.07) is 5.65. The minimum atomic E-state index is -4.38. The fourth-order valence-corrected chi connectivity index (χ4v) is 2.26. The summed E-state index contributed by atoms with van der Waals surface area (Å²) in [4.78, 5) is 4.67. The highest BCUT2D eigenvalue weighted by Gasteiger charge is 2.07. The fraction of sp³-hybridized carbons (Fsp3) is 0.385. The maximum atomic E-state index is 10.5. The zero-order valence-corrected chi connectivity index (χ0v) is 14.1. The molecule has 0 fully saturated rings. The highest BCUT2D eigenvalue weighted by Crippen LogP contribution is 2.25. The molecular weight excluding hydrogens is 336 g/mol. The summed E-state index contributed by atoms with van der Waals surface area (Å²) < 4.78 is 33.7. The molecule has 0 aliphatic carbocycles. The zero-order valence-electron chi connectivity index (χ0n) is 13.2. The van der Waals surface area contributed by atoms with Gasteiger partial charge in [-0.3, -0.25) is 4.55 Å². The lowest BCUT2D eigenvalue weighted by Crippen LogP contribution is -2.20. The van der Waals surface area contributed by atoms with Gasteiger partial charge < -0.3 is 9.88 Å². The van der Waals surface area contributed by atoms with Crippen LogP contribution in [0, 0.1) is 6.92 Å². The molecule has 0 aliphatic rings. The van der Waals surface area contributed by atoms with Gasteiger partial charge in [0.25, 0.3) is 5.95 Å². The van der Waals surface area contributed by atoms with E-state index >= 15 is 0 Å². The summed E-state index contributed by atoms with van der Waals surface area (Å²) in [6.07, 6.45) is 1.87. The molecule has 2 N–H and O–H groups in total. The lowest BCUT2D eigenvalue weighted by Gasteiger charge is -2.19. The Labute approximate surface area is 139 Å². The Morgan fingerprint density at radius 1 is 1.38 bits per heavy atom. The van der Waals surface area contributed by atoms with E-state index in [9.17, 15) is 8.42 Å². The molecule has 2 rings (SSSR count). The molecule has 10 nitrogen and oxygen atoms in total. The van der Waals surface area contributed by atoms with Crippen LogP contribution in [0.4, 0.5) is 17.3 Å². The molecule has 1 aromatic heterocycles. The van der Waals surface area contributed by atoms with Gasteiger partial charge in [0.15, 0.2) is 0 Å². The molecule has 0 bridgehead atoms. The van der Waals surface area contributed by atoms with Crippen molar-refractivity contribution in [2.45, 2.75) is 13.3 Å². The average Bonchev–Trinajstić information content (AvgIpc) is 3.02. The first-order chi connectivity index (χ1) is 11.3. The number of hydrogen-bond donors (Lipinski definition) is 2. The third kappa shape index (κ3) is 5.68. The van der Waals surface area contributed by atoms with Crippen molar-refractivity contribution in [3.05, 3.63) is 30.1 Å². The first kappa shape index (κ1) is 18.0. The number of rotatable bonds is 8. The Kier molecular flexibility index (Phi) is 5.95. The third-order valence-corrected chi connectivity index (χ3v) is 3.61. The predicted molar refractivity (Wildman–Crippen MR) is 87.1 cm³/mol. The van der Waals surface area contributed by atoms with Crippen molar-refractivity contribution in [1.29, 1.82) is 0 Å². The smallest absolute Gasteiger partial charge is 0.375 e. The Bertz CT molecular complexity index is 791. The van der Waals surface area contributed by atoms with Crippen LogP contribution < -0.4 is 4.90 Å². The van der Waals surface area contributed by atoms with Crippen molar-refractivity contribution in [2.75, 3.05) is 25.1 Å². The summed E-state index contributed by atoms with van der Waals surface area (Å²) in [5.41, 5.74) is 2.58. The van der Waals surface area contributed by atoms with Gasteiger partial charge in [0, 0.05) is 19.3 Å². The molecule has 130 valence electrons. The van der Waals surface area contributed by atoms with E-state index in [0.717, 1.165) is 11.3 Å². The summed E-state index contributed by atoms with van der Waals surface area (Å²) in [5, 5.41) is 15.4. The number of azo groups is 1. The van der Waals surface area contributed by atoms with E-state index in [1.165, 1.54) is 6.33 Å². The summed E-state index contributed by atoms with van der Waals surface area (Å²) in [5.74, 6) is 0.328. The molecule has 0 atom stereocenters. The Balaban J connectivity index is 1.93. The quantitative estimate of drug-likeness (QED) is 0.421. The summed E-state index contributed by atoms with van der Waals surface area (Å²) in [6.45, 7) is 2.40. The van der Waals surface area contributed by atoms with Gasteiger partial charge >= 0.3 is 10.4 Å².